The molecule has 0 atom stereocenters. The Kier molecular flexibility index (Phi) is 4.07. The van der Waals surface area contributed by atoms with Crippen molar-refractivity contribution in [2.75, 3.05) is 6.26 Å². The van der Waals surface area contributed by atoms with Crippen molar-refractivity contribution in [1.29, 1.82) is 5.26 Å². The third-order valence-electron chi connectivity index (χ3n) is 2.91. The third kappa shape index (κ3) is 2.88. The van der Waals surface area contributed by atoms with Crippen molar-refractivity contribution in [3.05, 3.63) is 50.8 Å². The molecule has 1 N–H and O–H groups in total. The van der Waals surface area contributed by atoms with Gasteiger partial charge in [-0.1, -0.05) is 24.4 Å². The minimum absolute atomic E-state index is 0.0431. The molecule has 112 valence electrons. The Labute approximate surface area is 130 Å². The van der Waals surface area contributed by atoms with E-state index >= 15 is 0 Å². The number of nitriles is 1. The van der Waals surface area contributed by atoms with Crippen LogP contribution in [0.1, 0.15) is 5.56 Å². The Morgan fingerprint density at radius 3 is 2.64 bits per heavy atom. The first kappa shape index (κ1) is 15.8. The van der Waals surface area contributed by atoms with Crippen molar-refractivity contribution >= 4 is 27.7 Å². The lowest BCUT2D eigenvalue weighted by Crippen LogP contribution is -2.04. The normalized spacial score (nSPS) is 10.9. The lowest BCUT2D eigenvalue weighted by molar-refractivity contribution is -0.384. The first-order valence-corrected chi connectivity index (χ1v) is 8.16. The van der Waals surface area contributed by atoms with E-state index in [2.05, 4.69) is 4.98 Å². The van der Waals surface area contributed by atoms with Crippen LogP contribution in [0.25, 0.3) is 11.1 Å². The number of benzene rings is 1. The number of rotatable bonds is 3. The summed E-state index contributed by atoms with van der Waals surface area (Å²) in [5, 5.41) is 20.1. The van der Waals surface area contributed by atoms with Crippen LogP contribution in [0.3, 0.4) is 0 Å². The molecule has 1 aromatic carbocycles. The molecule has 1 aromatic heterocycles. The fraction of sp³-hybridized carbons (Fsp3) is 0.0769. The molecule has 2 rings (SSSR count). The first-order chi connectivity index (χ1) is 10.3. The van der Waals surface area contributed by atoms with E-state index in [1.807, 2.05) is 6.07 Å². The monoisotopic (exact) mass is 335 g/mol. The number of non-ortho nitro benzene ring substituents is 1. The van der Waals surface area contributed by atoms with Gasteiger partial charge in [0, 0.05) is 30.1 Å². The van der Waals surface area contributed by atoms with Crippen molar-refractivity contribution in [3.63, 3.8) is 0 Å². The van der Waals surface area contributed by atoms with Gasteiger partial charge in [0.2, 0.25) is 0 Å². The summed E-state index contributed by atoms with van der Waals surface area (Å²) in [6.07, 6.45) is 2.17. The van der Waals surface area contributed by atoms with E-state index < -0.39 is 14.8 Å². The van der Waals surface area contributed by atoms with Crippen molar-refractivity contribution in [2.24, 2.45) is 0 Å². The van der Waals surface area contributed by atoms with Gasteiger partial charge in [-0.3, -0.25) is 10.1 Å². The maximum absolute atomic E-state index is 11.9. The largest absolute Gasteiger partial charge is 0.350 e. The average Bonchev–Trinajstić information content (AvgIpc) is 2.45. The molecule has 0 aliphatic rings. The Balaban J connectivity index is 2.93. The minimum Gasteiger partial charge on any atom is -0.350 e. The van der Waals surface area contributed by atoms with Crippen molar-refractivity contribution in [2.45, 2.75) is 4.90 Å². The maximum Gasteiger partial charge on any atom is 0.270 e. The number of H-pyrrole nitrogens is 1. The summed E-state index contributed by atoms with van der Waals surface area (Å²) in [5.41, 5.74) is 0.0572. The van der Waals surface area contributed by atoms with Gasteiger partial charge < -0.3 is 4.98 Å². The van der Waals surface area contributed by atoms with Gasteiger partial charge in [0.25, 0.3) is 5.69 Å². The van der Waals surface area contributed by atoms with E-state index in [0.29, 0.717) is 0 Å². The van der Waals surface area contributed by atoms with Crippen LogP contribution in [-0.4, -0.2) is 24.6 Å². The summed E-state index contributed by atoms with van der Waals surface area (Å²) < 4.78 is 23.9. The van der Waals surface area contributed by atoms with E-state index in [9.17, 15) is 23.8 Å². The number of aromatic amines is 1. The second-order valence-electron chi connectivity index (χ2n) is 4.42. The number of nitro benzene ring substituents is 1. The number of nitrogens with one attached hydrogen (secondary N) is 1. The molecule has 0 unspecified atom stereocenters. The number of nitro groups is 1. The van der Waals surface area contributed by atoms with Gasteiger partial charge in [0.15, 0.2) is 9.84 Å². The Morgan fingerprint density at radius 1 is 1.41 bits per heavy atom. The van der Waals surface area contributed by atoms with Gasteiger partial charge >= 0.3 is 0 Å². The van der Waals surface area contributed by atoms with Gasteiger partial charge in [0.05, 0.1) is 15.4 Å². The number of hydrogen-bond donors (Lipinski definition) is 1. The predicted octanol–water partition coefficient (Wildman–Crippen LogP) is 2.59. The molecule has 2 aromatic rings. The van der Waals surface area contributed by atoms with Crippen LogP contribution in [0, 0.1) is 26.1 Å². The molecule has 7 nitrogen and oxygen atoms in total. The second-order valence-corrected chi connectivity index (χ2v) is 6.82. The lowest BCUT2D eigenvalue weighted by Gasteiger charge is -2.10. The highest BCUT2D eigenvalue weighted by molar-refractivity contribution is 7.90. The molecular weight excluding hydrogens is 326 g/mol. The maximum atomic E-state index is 11.9. The number of pyridine rings is 1. The molecule has 22 heavy (non-hydrogen) atoms. The number of aromatic nitrogens is 1. The van der Waals surface area contributed by atoms with E-state index in [0.717, 1.165) is 6.26 Å². The molecule has 0 saturated carbocycles. The van der Waals surface area contributed by atoms with Crippen LogP contribution >= 0.6 is 12.2 Å². The van der Waals surface area contributed by atoms with Crippen LogP contribution in [0.4, 0.5) is 5.69 Å². The predicted molar refractivity (Wildman–Crippen MR) is 81.5 cm³/mol. The van der Waals surface area contributed by atoms with Gasteiger partial charge in [-0.2, -0.15) is 5.26 Å². The van der Waals surface area contributed by atoms with Gasteiger partial charge in [-0.15, -0.1) is 0 Å². The van der Waals surface area contributed by atoms with Crippen LogP contribution in [0.2, 0.25) is 0 Å². The third-order valence-corrected chi connectivity index (χ3v) is 4.36. The van der Waals surface area contributed by atoms with Gasteiger partial charge in [0.1, 0.15) is 10.7 Å². The van der Waals surface area contributed by atoms with Gasteiger partial charge in [-0.25, -0.2) is 8.42 Å². The fourth-order valence-electron chi connectivity index (χ4n) is 1.97. The molecule has 0 fully saturated rings. The molecule has 0 aliphatic heterocycles. The minimum atomic E-state index is -3.66. The van der Waals surface area contributed by atoms with Crippen LogP contribution in [-0.2, 0) is 9.84 Å². The smallest absolute Gasteiger partial charge is 0.270 e. The summed E-state index contributed by atoms with van der Waals surface area (Å²) in [7, 11) is -3.66. The van der Waals surface area contributed by atoms with Crippen molar-refractivity contribution in [3.8, 4) is 17.2 Å². The zero-order chi connectivity index (χ0) is 16.5. The zero-order valence-corrected chi connectivity index (χ0v) is 12.9. The SMILES string of the molecule is CS(=O)(=O)c1c[nH]c(=S)c(C#N)c1-c1cccc([N+](=O)[O-])c1. The van der Waals surface area contributed by atoms with E-state index in [1.54, 1.807) is 0 Å². The highest BCUT2D eigenvalue weighted by atomic mass is 32.2. The second kappa shape index (κ2) is 5.67. The molecule has 0 saturated heterocycles. The molecule has 0 spiro atoms. The molecule has 1 heterocycles. The quantitative estimate of drug-likeness (QED) is 0.523. The molecule has 9 heteroatoms. The standard InChI is InChI=1S/C13H9N3O4S2/c1-22(19,20)11-7-15-13(21)10(6-14)12(11)8-3-2-4-9(5-8)16(17)18/h2-5,7H,1H3,(H,15,21). The molecule has 0 bridgehead atoms. The van der Waals surface area contributed by atoms with E-state index in [-0.39, 0.29) is 31.9 Å². The summed E-state index contributed by atoms with van der Waals surface area (Å²) in [5.74, 6) is 0. The zero-order valence-electron chi connectivity index (χ0n) is 11.2. The highest BCUT2D eigenvalue weighted by Crippen LogP contribution is 2.32. The topological polar surface area (TPSA) is 117 Å². The van der Waals surface area contributed by atoms with E-state index in [1.165, 1.54) is 30.5 Å². The number of sulfone groups is 1. The van der Waals surface area contributed by atoms with Crippen LogP contribution < -0.4 is 0 Å². The average molecular weight is 335 g/mol. The highest BCUT2D eigenvalue weighted by Gasteiger charge is 2.21. The summed E-state index contributed by atoms with van der Waals surface area (Å²) >= 11 is 5.00. The Bertz CT molecular complexity index is 972. The first-order valence-electron chi connectivity index (χ1n) is 5.86. The fourth-order valence-corrected chi connectivity index (χ4v) is 3.04. The molecule has 0 aliphatic carbocycles. The molecule has 0 radical (unpaired) electrons. The summed E-state index contributed by atoms with van der Waals surface area (Å²) in [4.78, 5) is 12.7. The number of hydrogen-bond acceptors (Lipinski definition) is 6. The van der Waals surface area contributed by atoms with Crippen LogP contribution in [0.15, 0.2) is 35.4 Å². The van der Waals surface area contributed by atoms with Crippen LogP contribution in [0.5, 0.6) is 0 Å². The summed E-state index contributed by atoms with van der Waals surface area (Å²) in [6, 6.07) is 7.25. The Morgan fingerprint density at radius 2 is 2.09 bits per heavy atom. The Hall–Kier alpha value is -2.57. The molecule has 0 amide bonds. The van der Waals surface area contributed by atoms with Gasteiger partial charge in [-0.05, 0) is 5.56 Å². The van der Waals surface area contributed by atoms with Crippen molar-refractivity contribution in [1.82, 2.24) is 4.98 Å². The lowest BCUT2D eigenvalue weighted by atomic mass is 10.0. The van der Waals surface area contributed by atoms with Crippen molar-refractivity contribution < 1.29 is 13.3 Å². The number of nitrogens with zero attached hydrogens (tertiary/aromatic N) is 2. The van der Waals surface area contributed by atoms with E-state index in [4.69, 9.17) is 12.2 Å². The summed E-state index contributed by atoms with van der Waals surface area (Å²) in [6.45, 7) is 0. The molecular formula is C13H9N3O4S2.